The zero-order chi connectivity index (χ0) is 21.1. The van der Waals surface area contributed by atoms with Gasteiger partial charge in [0.05, 0.1) is 6.54 Å². The molecule has 0 aromatic carbocycles. The number of fused-ring (bicyclic) bond motifs is 1. The lowest BCUT2D eigenvalue weighted by Crippen LogP contribution is -2.71. The summed E-state index contributed by atoms with van der Waals surface area (Å²) in [4.78, 5) is 49.2. The van der Waals surface area contributed by atoms with Crippen molar-refractivity contribution < 1.29 is 24.3 Å². The minimum absolute atomic E-state index is 0.158. The number of nitrogen functional groups attached to an aromatic ring is 1. The maximum absolute atomic E-state index is 12.6. The van der Waals surface area contributed by atoms with Crippen molar-refractivity contribution >= 4 is 51.7 Å². The summed E-state index contributed by atoms with van der Waals surface area (Å²) in [6.45, 7) is -0.158. The van der Waals surface area contributed by atoms with E-state index >= 15 is 0 Å². The topological polar surface area (TPSA) is 196 Å². The quantitative estimate of drug-likeness (QED) is 0.133. The zero-order valence-corrected chi connectivity index (χ0v) is 16.4. The number of hydrogen-bond acceptors (Lipinski definition) is 10. The van der Waals surface area contributed by atoms with Gasteiger partial charge in [-0.25, -0.2) is 9.78 Å². The molecule has 1 saturated heterocycles. The van der Waals surface area contributed by atoms with Crippen LogP contribution in [0.15, 0.2) is 26.9 Å². The number of thiazole rings is 1. The van der Waals surface area contributed by atoms with Crippen molar-refractivity contribution in [3.05, 3.63) is 32.8 Å². The number of carbonyl (C=O) groups is 3. The summed E-state index contributed by atoms with van der Waals surface area (Å²) in [5.41, 5.74) is 14.2. The molecular weight excluding hydrogens is 424 g/mol. The smallest absolute Gasteiger partial charge is 0.352 e. The number of oxime groups is 1. The Labute approximate surface area is 171 Å². The van der Waals surface area contributed by atoms with Crippen LogP contribution in [0.1, 0.15) is 5.69 Å². The molecule has 2 amide bonds. The fraction of sp³-hybridized carbons (Fsp3) is 0.357. The molecule has 0 aliphatic carbocycles. The highest BCUT2D eigenvalue weighted by Gasteiger charge is 2.54. The molecule has 13 nitrogen and oxygen atoms in total. The van der Waals surface area contributed by atoms with E-state index in [0.717, 1.165) is 16.2 Å². The number of β-lactam (4-membered cyclic amide) rings is 1. The number of nitrogens with two attached hydrogens (primary N) is 1. The highest BCUT2D eigenvalue weighted by Crippen LogP contribution is 2.40. The van der Waals surface area contributed by atoms with Crippen LogP contribution in [0.5, 0.6) is 0 Å². The second kappa shape index (κ2) is 8.38. The Morgan fingerprint density at radius 3 is 2.93 bits per heavy atom. The summed E-state index contributed by atoms with van der Waals surface area (Å²) in [5, 5.41) is 20.2. The lowest BCUT2D eigenvalue weighted by molar-refractivity contribution is -0.150. The molecule has 1 fully saturated rings. The first-order chi connectivity index (χ1) is 13.9. The van der Waals surface area contributed by atoms with Crippen molar-refractivity contribution in [2.45, 2.75) is 11.4 Å². The van der Waals surface area contributed by atoms with Gasteiger partial charge < -0.3 is 21.0 Å². The van der Waals surface area contributed by atoms with Crippen molar-refractivity contribution in [2.24, 2.45) is 10.3 Å². The van der Waals surface area contributed by atoms with E-state index in [4.69, 9.17) is 11.3 Å². The maximum atomic E-state index is 12.6. The summed E-state index contributed by atoms with van der Waals surface area (Å²) in [5.74, 6) is -2.38. The molecule has 2 aliphatic rings. The summed E-state index contributed by atoms with van der Waals surface area (Å²) >= 11 is 2.36. The van der Waals surface area contributed by atoms with Crippen LogP contribution >= 0.6 is 23.1 Å². The monoisotopic (exact) mass is 438 g/mol. The second-order valence-corrected chi connectivity index (χ2v) is 7.70. The van der Waals surface area contributed by atoms with Gasteiger partial charge in [0, 0.05) is 16.0 Å². The van der Waals surface area contributed by atoms with E-state index in [-0.39, 0.29) is 34.5 Å². The van der Waals surface area contributed by atoms with Crippen LogP contribution in [0.3, 0.4) is 0 Å². The van der Waals surface area contributed by atoms with Crippen LogP contribution in [0.25, 0.3) is 10.4 Å². The lowest BCUT2D eigenvalue weighted by Gasteiger charge is -2.49. The van der Waals surface area contributed by atoms with Gasteiger partial charge in [0.25, 0.3) is 11.8 Å². The van der Waals surface area contributed by atoms with E-state index in [0.29, 0.717) is 5.57 Å². The van der Waals surface area contributed by atoms with Gasteiger partial charge in [0.1, 0.15) is 29.9 Å². The number of thioether (sulfide) groups is 1. The normalized spacial score (nSPS) is 21.1. The Balaban J connectivity index is 1.79. The molecule has 15 heteroatoms. The average molecular weight is 438 g/mol. The number of nitrogens with zero attached hydrogens (tertiary/aromatic N) is 6. The third kappa shape index (κ3) is 3.83. The lowest BCUT2D eigenvalue weighted by atomic mass is 10.0. The zero-order valence-electron chi connectivity index (χ0n) is 14.8. The Bertz CT molecular complexity index is 982. The highest BCUT2D eigenvalue weighted by molar-refractivity contribution is 8.00. The van der Waals surface area contributed by atoms with Crippen molar-refractivity contribution in [3.63, 3.8) is 0 Å². The summed E-state index contributed by atoms with van der Waals surface area (Å²) in [6, 6.07) is -0.957. The third-order valence-corrected chi connectivity index (χ3v) is 6.04. The van der Waals surface area contributed by atoms with Crippen LogP contribution in [-0.4, -0.2) is 69.3 Å². The van der Waals surface area contributed by atoms with Gasteiger partial charge in [-0.1, -0.05) is 10.3 Å². The summed E-state index contributed by atoms with van der Waals surface area (Å²) in [6.07, 6.45) is 0. The molecule has 1 aromatic heterocycles. The number of aliphatic carboxylic acids is 1. The fourth-order valence-electron chi connectivity index (χ4n) is 2.82. The minimum Gasteiger partial charge on any atom is -0.477 e. The van der Waals surface area contributed by atoms with Crippen LogP contribution in [0, 0.1) is 0 Å². The molecule has 0 bridgehead atoms. The van der Waals surface area contributed by atoms with E-state index in [2.05, 4.69) is 30.3 Å². The molecule has 2 aliphatic heterocycles. The number of anilines is 1. The van der Waals surface area contributed by atoms with Crippen LogP contribution in [-0.2, 0) is 19.2 Å². The number of hydrogen-bond donors (Lipinski definition) is 3. The number of carboxylic acids is 1. The predicted molar refractivity (Wildman–Crippen MR) is 104 cm³/mol. The molecule has 3 heterocycles. The molecule has 0 unspecified atom stereocenters. The van der Waals surface area contributed by atoms with Crippen molar-refractivity contribution in [3.8, 4) is 0 Å². The van der Waals surface area contributed by atoms with Gasteiger partial charge >= 0.3 is 5.97 Å². The number of amides is 2. The number of aromatic nitrogens is 1. The molecule has 29 heavy (non-hydrogen) atoms. The Hall–Kier alpha value is -3.29. The molecular formula is C14H14N8O5S2. The largest absolute Gasteiger partial charge is 0.477 e. The van der Waals surface area contributed by atoms with Gasteiger partial charge in [-0.15, -0.1) is 23.1 Å². The first kappa shape index (κ1) is 20.4. The molecule has 152 valence electrons. The van der Waals surface area contributed by atoms with Gasteiger partial charge in [0.15, 0.2) is 10.8 Å². The highest BCUT2D eigenvalue weighted by atomic mass is 32.2. The first-order valence-corrected chi connectivity index (χ1v) is 9.86. The maximum Gasteiger partial charge on any atom is 0.352 e. The van der Waals surface area contributed by atoms with Crippen LogP contribution < -0.4 is 11.1 Å². The SMILES string of the molecule is CO/N=C(/C(=O)N[C@@H]1C(=O)N2C(C(=O)O)=C(CN=[N+]=[N-])CS[C@H]12)c1csc(N)n1. The Morgan fingerprint density at radius 2 is 2.34 bits per heavy atom. The van der Waals surface area contributed by atoms with E-state index in [1.54, 1.807) is 0 Å². The number of azide groups is 1. The molecule has 3 rings (SSSR count). The minimum atomic E-state index is -1.31. The van der Waals surface area contributed by atoms with Crippen molar-refractivity contribution in [1.29, 1.82) is 0 Å². The molecule has 1 aromatic rings. The van der Waals surface area contributed by atoms with Crippen LogP contribution in [0.4, 0.5) is 5.13 Å². The number of nitrogens with one attached hydrogen (secondary N) is 1. The Kier molecular flexibility index (Phi) is 5.91. The van der Waals surface area contributed by atoms with E-state index in [9.17, 15) is 19.5 Å². The number of carboxylic acid groups (broad SMARTS) is 1. The third-order valence-electron chi connectivity index (χ3n) is 4.02. The van der Waals surface area contributed by atoms with Gasteiger partial charge in [0.2, 0.25) is 0 Å². The summed E-state index contributed by atoms with van der Waals surface area (Å²) in [7, 11) is 1.26. The summed E-state index contributed by atoms with van der Waals surface area (Å²) < 4.78 is 0. The fourth-order valence-corrected chi connectivity index (χ4v) is 4.71. The molecule has 0 radical (unpaired) electrons. The van der Waals surface area contributed by atoms with Gasteiger partial charge in [-0.3, -0.25) is 14.5 Å². The second-order valence-electron chi connectivity index (χ2n) is 5.70. The molecule has 0 saturated carbocycles. The van der Waals surface area contributed by atoms with Gasteiger partial charge in [-0.05, 0) is 11.1 Å². The molecule has 2 atom stereocenters. The van der Waals surface area contributed by atoms with Crippen molar-refractivity contribution in [1.82, 2.24) is 15.2 Å². The number of carbonyl (C=O) groups excluding carboxylic acids is 2. The predicted octanol–water partition coefficient (Wildman–Crippen LogP) is 0.125. The van der Waals surface area contributed by atoms with Crippen molar-refractivity contribution in [2.75, 3.05) is 25.1 Å². The average Bonchev–Trinajstić information content (AvgIpc) is 3.13. The standard InChI is InChI=1S/C14H14N8O5S2/c1-27-20-7(6-4-29-14(15)18-6)10(23)19-8-11(24)22-9(13(25)26)5(2-17-21-16)3-28-12(8)22/h4,8,12H,2-3H2,1H3,(H2,15,18)(H,19,23)(H,25,26)/b20-7+/t8-,12-/m1/s1. The van der Waals surface area contributed by atoms with E-state index < -0.39 is 29.2 Å². The molecule has 4 N–H and O–H groups in total. The van der Waals surface area contributed by atoms with E-state index in [1.807, 2.05) is 0 Å². The van der Waals surface area contributed by atoms with Crippen LogP contribution in [0.2, 0.25) is 0 Å². The molecule has 0 spiro atoms. The van der Waals surface area contributed by atoms with Gasteiger partial charge in [-0.2, -0.15) is 0 Å². The Morgan fingerprint density at radius 1 is 1.59 bits per heavy atom. The van der Waals surface area contributed by atoms with E-state index in [1.165, 1.54) is 24.3 Å². The first-order valence-electron chi connectivity index (χ1n) is 7.93. The number of rotatable bonds is 7.